The van der Waals surface area contributed by atoms with Gasteiger partial charge in [0.25, 0.3) is 0 Å². The summed E-state index contributed by atoms with van der Waals surface area (Å²) < 4.78 is 0. The van der Waals surface area contributed by atoms with E-state index in [2.05, 4.69) is 64.2 Å². The van der Waals surface area contributed by atoms with Crippen LogP contribution in [0.25, 0.3) is 22.4 Å². The highest BCUT2D eigenvalue weighted by Crippen LogP contribution is 2.29. The number of hydrogen-bond acceptors (Lipinski definition) is 3. The van der Waals surface area contributed by atoms with Crippen molar-refractivity contribution in [3.63, 3.8) is 0 Å². The summed E-state index contributed by atoms with van der Waals surface area (Å²) in [5, 5.41) is 6.96. The highest BCUT2D eigenvalue weighted by Gasteiger charge is 2.06. The lowest BCUT2D eigenvalue weighted by molar-refractivity contribution is 1.38. The second kappa shape index (κ2) is 8.49. The van der Waals surface area contributed by atoms with Gasteiger partial charge in [-0.15, -0.1) is 28.3 Å². The molecule has 0 fully saturated rings. The van der Waals surface area contributed by atoms with E-state index in [-0.39, 0.29) is 17.0 Å². The molecule has 0 unspecified atom stereocenters. The summed E-state index contributed by atoms with van der Waals surface area (Å²) in [7, 11) is 0. The van der Waals surface area contributed by atoms with Gasteiger partial charge in [0.05, 0.1) is 5.69 Å². The monoisotopic (exact) mass is 442 g/mol. The fourth-order valence-electron chi connectivity index (χ4n) is 2.58. The number of benzene rings is 3. The summed E-state index contributed by atoms with van der Waals surface area (Å²) in [5.74, 6) is 0. The first-order chi connectivity index (χ1) is 12.3. The molecule has 0 amide bonds. The number of nitrogens with zero attached hydrogens (tertiary/aromatic N) is 1. The van der Waals surface area contributed by atoms with Crippen LogP contribution in [0.15, 0.2) is 84.2 Å². The van der Waals surface area contributed by atoms with Crippen molar-refractivity contribution >= 4 is 50.7 Å². The lowest BCUT2D eigenvalue weighted by Crippen LogP contribution is -1.89. The van der Waals surface area contributed by atoms with Gasteiger partial charge in [-0.25, -0.2) is 4.98 Å². The molecule has 1 N–H and O–H groups in total. The van der Waals surface area contributed by atoms with Gasteiger partial charge in [-0.1, -0.05) is 66.2 Å². The predicted molar refractivity (Wildman–Crippen MR) is 118 cm³/mol. The average molecular weight is 444 g/mol. The van der Waals surface area contributed by atoms with E-state index < -0.39 is 0 Å². The largest absolute Gasteiger partial charge is 0.332 e. The van der Waals surface area contributed by atoms with Gasteiger partial charge in [-0.2, -0.15) is 0 Å². The standard InChI is InChI=1S/C21H15ClN2S.BrH/c22-18-10-12-19(13-11-18)23-21-24-20(14-25-21)17-8-6-16(7-9-17)15-4-2-1-3-5-15;/h1-14H,(H,23,24);1H. The number of thiazole rings is 1. The van der Waals surface area contributed by atoms with Crippen LogP contribution in [0.2, 0.25) is 5.02 Å². The zero-order valence-corrected chi connectivity index (χ0v) is 17.0. The van der Waals surface area contributed by atoms with Crippen molar-refractivity contribution in [2.24, 2.45) is 0 Å². The van der Waals surface area contributed by atoms with Crippen LogP contribution in [-0.4, -0.2) is 4.98 Å². The molecular weight excluding hydrogens is 428 g/mol. The van der Waals surface area contributed by atoms with Gasteiger partial charge in [0, 0.05) is 21.7 Å². The Morgan fingerprint density at radius 3 is 2.04 bits per heavy atom. The van der Waals surface area contributed by atoms with E-state index in [1.807, 2.05) is 30.3 Å². The Morgan fingerprint density at radius 1 is 0.731 bits per heavy atom. The minimum atomic E-state index is 0. The van der Waals surface area contributed by atoms with Gasteiger partial charge in [-0.05, 0) is 35.4 Å². The Kier molecular flexibility index (Phi) is 6.09. The van der Waals surface area contributed by atoms with E-state index in [4.69, 9.17) is 11.6 Å². The number of anilines is 2. The molecule has 130 valence electrons. The average Bonchev–Trinajstić information content (AvgIpc) is 3.13. The Labute approximate surface area is 172 Å². The van der Waals surface area contributed by atoms with Gasteiger partial charge < -0.3 is 5.32 Å². The summed E-state index contributed by atoms with van der Waals surface area (Å²) in [4.78, 5) is 4.68. The highest BCUT2D eigenvalue weighted by molar-refractivity contribution is 8.93. The maximum absolute atomic E-state index is 5.92. The molecule has 1 aromatic heterocycles. The summed E-state index contributed by atoms with van der Waals surface area (Å²) >= 11 is 7.50. The maximum atomic E-state index is 5.92. The Bertz CT molecular complexity index is 967. The van der Waals surface area contributed by atoms with Crippen molar-refractivity contribution in [3.8, 4) is 22.4 Å². The van der Waals surface area contributed by atoms with Crippen molar-refractivity contribution in [2.45, 2.75) is 0 Å². The first-order valence-electron chi connectivity index (χ1n) is 7.92. The zero-order valence-electron chi connectivity index (χ0n) is 13.7. The normalized spacial score (nSPS) is 10.2. The SMILES string of the molecule is Br.Clc1ccc(Nc2nc(-c3ccc(-c4ccccc4)cc3)cs2)cc1. The third kappa shape index (κ3) is 4.33. The number of hydrogen-bond donors (Lipinski definition) is 1. The Morgan fingerprint density at radius 2 is 1.35 bits per heavy atom. The van der Waals surface area contributed by atoms with Gasteiger partial charge in [0.15, 0.2) is 5.13 Å². The predicted octanol–water partition coefficient (Wildman–Crippen LogP) is 7.45. The molecule has 26 heavy (non-hydrogen) atoms. The molecule has 0 saturated heterocycles. The number of nitrogens with one attached hydrogen (secondary N) is 1. The molecule has 0 radical (unpaired) electrons. The van der Waals surface area contributed by atoms with Crippen LogP contribution in [0.3, 0.4) is 0 Å². The molecule has 3 aromatic carbocycles. The van der Waals surface area contributed by atoms with E-state index in [1.165, 1.54) is 11.1 Å². The lowest BCUT2D eigenvalue weighted by Gasteiger charge is -2.03. The molecule has 0 aliphatic heterocycles. The van der Waals surface area contributed by atoms with Crippen LogP contribution < -0.4 is 5.32 Å². The molecule has 0 atom stereocenters. The molecule has 0 saturated carbocycles. The van der Waals surface area contributed by atoms with Crippen molar-refractivity contribution in [1.82, 2.24) is 4.98 Å². The maximum Gasteiger partial charge on any atom is 0.187 e. The molecule has 0 spiro atoms. The summed E-state index contributed by atoms with van der Waals surface area (Å²) in [6.07, 6.45) is 0. The smallest absolute Gasteiger partial charge is 0.187 e. The van der Waals surface area contributed by atoms with Gasteiger partial charge in [0.1, 0.15) is 0 Å². The van der Waals surface area contributed by atoms with E-state index in [0.29, 0.717) is 0 Å². The number of halogens is 2. The minimum Gasteiger partial charge on any atom is -0.332 e. The molecular formula is C21H16BrClN2S. The van der Waals surface area contributed by atoms with Crippen molar-refractivity contribution in [3.05, 3.63) is 89.3 Å². The number of rotatable bonds is 4. The molecule has 4 rings (SSSR count). The number of aromatic nitrogens is 1. The fourth-order valence-corrected chi connectivity index (χ4v) is 3.45. The topological polar surface area (TPSA) is 24.9 Å². The van der Waals surface area contributed by atoms with Crippen molar-refractivity contribution in [2.75, 3.05) is 5.32 Å². The highest BCUT2D eigenvalue weighted by atomic mass is 79.9. The van der Waals surface area contributed by atoms with Gasteiger partial charge in [0.2, 0.25) is 0 Å². The van der Waals surface area contributed by atoms with Gasteiger partial charge >= 0.3 is 0 Å². The lowest BCUT2D eigenvalue weighted by atomic mass is 10.0. The first-order valence-corrected chi connectivity index (χ1v) is 9.18. The summed E-state index contributed by atoms with van der Waals surface area (Å²) in [6.45, 7) is 0. The minimum absolute atomic E-state index is 0. The van der Waals surface area contributed by atoms with E-state index >= 15 is 0 Å². The molecule has 0 bridgehead atoms. The van der Waals surface area contributed by atoms with Crippen LogP contribution in [0.5, 0.6) is 0 Å². The molecule has 1 heterocycles. The van der Waals surface area contributed by atoms with Crippen LogP contribution in [0, 0.1) is 0 Å². The second-order valence-corrected chi connectivity index (χ2v) is 6.91. The quantitative estimate of drug-likeness (QED) is 0.354. The van der Waals surface area contributed by atoms with E-state index in [9.17, 15) is 0 Å². The third-order valence-electron chi connectivity index (χ3n) is 3.89. The molecule has 2 nitrogen and oxygen atoms in total. The third-order valence-corrected chi connectivity index (χ3v) is 4.90. The molecule has 4 aromatic rings. The van der Waals surface area contributed by atoms with Crippen LogP contribution in [-0.2, 0) is 0 Å². The molecule has 0 aliphatic rings. The molecule has 0 aliphatic carbocycles. The van der Waals surface area contributed by atoms with Crippen molar-refractivity contribution in [1.29, 1.82) is 0 Å². The molecule has 5 heteroatoms. The second-order valence-electron chi connectivity index (χ2n) is 5.61. The van der Waals surface area contributed by atoms with Crippen LogP contribution >= 0.6 is 39.9 Å². The fraction of sp³-hybridized carbons (Fsp3) is 0. The zero-order chi connectivity index (χ0) is 17.1. The van der Waals surface area contributed by atoms with Gasteiger partial charge in [-0.3, -0.25) is 0 Å². The van der Waals surface area contributed by atoms with Crippen molar-refractivity contribution < 1.29 is 0 Å². The van der Waals surface area contributed by atoms with E-state index in [0.717, 1.165) is 27.1 Å². The Balaban J connectivity index is 0.00000196. The Hall–Kier alpha value is -2.14. The first kappa shape index (κ1) is 18.6. The summed E-state index contributed by atoms with van der Waals surface area (Å²) in [6, 6.07) is 26.5. The van der Waals surface area contributed by atoms with Crippen LogP contribution in [0.4, 0.5) is 10.8 Å². The summed E-state index contributed by atoms with van der Waals surface area (Å²) in [5.41, 5.74) is 5.49. The van der Waals surface area contributed by atoms with Crippen LogP contribution in [0.1, 0.15) is 0 Å². The van der Waals surface area contributed by atoms with E-state index in [1.54, 1.807) is 11.3 Å².